The fourth-order valence-corrected chi connectivity index (χ4v) is 4.44. The van der Waals surface area contributed by atoms with E-state index in [1.807, 2.05) is 12.1 Å². The lowest BCUT2D eigenvalue weighted by molar-refractivity contribution is -0.384. The second-order valence-electron chi connectivity index (χ2n) is 8.07. The average Bonchev–Trinajstić information content (AvgIpc) is 3.36. The molecule has 0 aliphatic carbocycles. The minimum absolute atomic E-state index is 0.0273. The van der Waals surface area contributed by atoms with Crippen molar-refractivity contribution in [2.24, 2.45) is 0 Å². The normalized spacial score (nSPS) is 16.9. The summed E-state index contributed by atoms with van der Waals surface area (Å²) in [6, 6.07) is 9.63. The smallest absolute Gasteiger partial charge is 0.311 e. The van der Waals surface area contributed by atoms with Crippen LogP contribution in [0.4, 0.5) is 17.2 Å². The molecule has 0 saturated carbocycles. The summed E-state index contributed by atoms with van der Waals surface area (Å²) in [5.74, 6) is 0.261. The molecule has 1 saturated heterocycles. The highest BCUT2D eigenvalue weighted by molar-refractivity contribution is 5.87. The van der Waals surface area contributed by atoms with E-state index in [1.54, 1.807) is 12.3 Å². The number of unbranched alkanes of at least 4 members (excludes halogenated alkanes) is 2. The lowest BCUT2D eigenvalue weighted by Gasteiger charge is -2.24. The molecule has 0 bridgehead atoms. The highest BCUT2D eigenvalue weighted by Crippen LogP contribution is 2.30. The number of pyridine rings is 1. The van der Waals surface area contributed by atoms with Crippen molar-refractivity contribution in [1.29, 1.82) is 0 Å². The molecule has 1 unspecified atom stereocenters. The monoisotopic (exact) mass is 407 g/mol. The number of aromatic nitrogens is 2. The van der Waals surface area contributed by atoms with Crippen molar-refractivity contribution in [3.05, 3.63) is 58.4 Å². The molecule has 0 spiro atoms. The standard InChI is InChI=1S/C23H29N5O2/c1-2-3-4-12-27-13-6-7-19(27)14-17-16-25-21-10-9-18(15-20(17)21)26-23-22(28(29)30)8-5-11-24-23/h5,8-11,15-16,19,25H,2-4,6-7,12-14H2,1H3,(H,24,26). The number of nitrogens with one attached hydrogen (secondary N) is 2. The van der Waals surface area contributed by atoms with Gasteiger partial charge in [-0.25, -0.2) is 4.98 Å². The number of nitrogens with zero attached hydrogens (tertiary/aromatic N) is 3. The Bertz CT molecular complexity index is 1020. The van der Waals surface area contributed by atoms with E-state index in [-0.39, 0.29) is 11.5 Å². The van der Waals surface area contributed by atoms with Gasteiger partial charge in [-0.1, -0.05) is 19.8 Å². The van der Waals surface area contributed by atoms with E-state index in [2.05, 4.69) is 39.4 Å². The van der Waals surface area contributed by atoms with E-state index in [1.165, 1.54) is 62.2 Å². The summed E-state index contributed by atoms with van der Waals surface area (Å²) >= 11 is 0. The molecule has 2 aromatic heterocycles. The number of H-pyrrole nitrogens is 1. The second-order valence-corrected chi connectivity index (χ2v) is 8.07. The van der Waals surface area contributed by atoms with Crippen LogP contribution in [0.25, 0.3) is 10.9 Å². The number of fused-ring (bicyclic) bond motifs is 1. The van der Waals surface area contributed by atoms with Crippen LogP contribution < -0.4 is 5.32 Å². The van der Waals surface area contributed by atoms with E-state index in [9.17, 15) is 10.1 Å². The molecule has 3 aromatic rings. The molecule has 1 atom stereocenters. The zero-order valence-electron chi connectivity index (χ0n) is 17.4. The van der Waals surface area contributed by atoms with E-state index in [0.29, 0.717) is 6.04 Å². The van der Waals surface area contributed by atoms with Gasteiger partial charge in [0.15, 0.2) is 0 Å². The van der Waals surface area contributed by atoms with Gasteiger partial charge in [0.05, 0.1) is 4.92 Å². The van der Waals surface area contributed by atoms with E-state index in [0.717, 1.165) is 17.6 Å². The second kappa shape index (κ2) is 9.26. The average molecular weight is 408 g/mol. The molecule has 7 heteroatoms. The first-order valence-electron chi connectivity index (χ1n) is 10.9. The maximum Gasteiger partial charge on any atom is 0.311 e. The van der Waals surface area contributed by atoms with Crippen molar-refractivity contribution in [2.45, 2.75) is 51.5 Å². The van der Waals surface area contributed by atoms with Crippen LogP contribution in [0, 0.1) is 10.1 Å². The number of aromatic amines is 1. The first-order valence-corrected chi connectivity index (χ1v) is 10.9. The summed E-state index contributed by atoms with van der Waals surface area (Å²) in [6.07, 6.45) is 11.0. The Kier molecular flexibility index (Phi) is 6.28. The minimum atomic E-state index is -0.414. The lowest BCUT2D eigenvalue weighted by atomic mass is 10.0. The third-order valence-electron chi connectivity index (χ3n) is 6.02. The SMILES string of the molecule is CCCCCN1CCCC1Cc1c[nH]c2ccc(Nc3ncccc3[N+](=O)[O-])cc12. The predicted molar refractivity (Wildman–Crippen MR) is 120 cm³/mol. The Hall–Kier alpha value is -2.93. The quantitative estimate of drug-likeness (QED) is 0.281. The molecular weight excluding hydrogens is 378 g/mol. The number of benzene rings is 1. The molecule has 1 aromatic carbocycles. The van der Waals surface area contributed by atoms with Gasteiger partial charge in [-0.05, 0) is 68.6 Å². The number of hydrogen-bond acceptors (Lipinski definition) is 5. The Balaban J connectivity index is 1.53. The molecule has 7 nitrogen and oxygen atoms in total. The molecule has 1 aliphatic heterocycles. The van der Waals surface area contributed by atoms with Gasteiger partial charge in [0.1, 0.15) is 0 Å². The largest absolute Gasteiger partial charge is 0.361 e. The number of hydrogen-bond donors (Lipinski definition) is 2. The first kappa shape index (κ1) is 20.3. The van der Waals surface area contributed by atoms with Gasteiger partial charge in [-0.15, -0.1) is 0 Å². The Morgan fingerprint density at radius 3 is 3.07 bits per heavy atom. The number of anilines is 2. The fourth-order valence-electron chi connectivity index (χ4n) is 4.44. The zero-order valence-corrected chi connectivity index (χ0v) is 17.4. The van der Waals surface area contributed by atoms with Crippen molar-refractivity contribution < 1.29 is 4.92 Å². The highest BCUT2D eigenvalue weighted by atomic mass is 16.6. The topological polar surface area (TPSA) is 87.1 Å². The molecular formula is C23H29N5O2. The van der Waals surface area contributed by atoms with Crippen LogP contribution in [-0.4, -0.2) is 38.9 Å². The summed E-state index contributed by atoms with van der Waals surface area (Å²) in [5, 5.41) is 15.6. The summed E-state index contributed by atoms with van der Waals surface area (Å²) < 4.78 is 0. The van der Waals surface area contributed by atoms with Crippen molar-refractivity contribution >= 4 is 28.1 Å². The third-order valence-corrected chi connectivity index (χ3v) is 6.02. The van der Waals surface area contributed by atoms with Crippen LogP contribution in [0.5, 0.6) is 0 Å². The maximum atomic E-state index is 11.3. The summed E-state index contributed by atoms with van der Waals surface area (Å²) in [7, 11) is 0. The van der Waals surface area contributed by atoms with Crippen molar-refractivity contribution in [2.75, 3.05) is 18.4 Å². The van der Waals surface area contributed by atoms with Crippen molar-refractivity contribution in [3.63, 3.8) is 0 Å². The zero-order chi connectivity index (χ0) is 20.9. The number of likely N-dealkylation sites (tertiary alicyclic amines) is 1. The number of rotatable bonds is 9. The van der Waals surface area contributed by atoms with E-state index >= 15 is 0 Å². The molecule has 0 amide bonds. The molecule has 2 N–H and O–H groups in total. The van der Waals surface area contributed by atoms with Gasteiger partial charge in [0.25, 0.3) is 0 Å². The molecule has 1 aliphatic rings. The Morgan fingerprint density at radius 1 is 1.33 bits per heavy atom. The van der Waals surface area contributed by atoms with Crippen LogP contribution in [0.15, 0.2) is 42.7 Å². The van der Waals surface area contributed by atoms with Crippen LogP contribution in [0.1, 0.15) is 44.6 Å². The third kappa shape index (κ3) is 4.46. The summed E-state index contributed by atoms with van der Waals surface area (Å²) in [5.41, 5.74) is 3.16. The predicted octanol–water partition coefficient (Wildman–Crippen LogP) is 5.41. The molecule has 0 radical (unpaired) electrons. The van der Waals surface area contributed by atoms with Crippen molar-refractivity contribution in [1.82, 2.24) is 14.9 Å². The van der Waals surface area contributed by atoms with E-state index in [4.69, 9.17) is 0 Å². The lowest BCUT2D eigenvalue weighted by Crippen LogP contribution is -2.31. The van der Waals surface area contributed by atoms with Gasteiger partial charge in [-0.2, -0.15) is 0 Å². The van der Waals surface area contributed by atoms with Gasteiger partial charge < -0.3 is 15.2 Å². The highest BCUT2D eigenvalue weighted by Gasteiger charge is 2.25. The van der Waals surface area contributed by atoms with Crippen LogP contribution >= 0.6 is 0 Å². The Labute approximate surface area is 176 Å². The molecule has 30 heavy (non-hydrogen) atoms. The summed E-state index contributed by atoms with van der Waals surface area (Å²) in [6.45, 7) is 4.64. The van der Waals surface area contributed by atoms with Gasteiger partial charge in [0.2, 0.25) is 5.82 Å². The van der Waals surface area contributed by atoms with Gasteiger partial charge in [0, 0.05) is 41.1 Å². The van der Waals surface area contributed by atoms with Crippen molar-refractivity contribution in [3.8, 4) is 0 Å². The minimum Gasteiger partial charge on any atom is -0.361 e. The molecule has 158 valence electrons. The maximum absolute atomic E-state index is 11.3. The fraction of sp³-hybridized carbons (Fsp3) is 0.435. The summed E-state index contributed by atoms with van der Waals surface area (Å²) in [4.78, 5) is 21.0. The van der Waals surface area contributed by atoms with E-state index < -0.39 is 4.92 Å². The number of nitro groups is 1. The molecule has 4 rings (SSSR count). The van der Waals surface area contributed by atoms with Gasteiger partial charge in [-0.3, -0.25) is 10.1 Å². The van der Waals surface area contributed by atoms with Crippen LogP contribution in [-0.2, 0) is 6.42 Å². The van der Waals surface area contributed by atoms with Crippen LogP contribution in [0.3, 0.4) is 0 Å². The first-order chi connectivity index (χ1) is 14.7. The van der Waals surface area contributed by atoms with Gasteiger partial charge >= 0.3 is 5.69 Å². The Morgan fingerprint density at radius 2 is 2.23 bits per heavy atom. The van der Waals surface area contributed by atoms with Crippen LogP contribution in [0.2, 0.25) is 0 Å². The molecule has 1 fully saturated rings. The molecule has 3 heterocycles.